The van der Waals surface area contributed by atoms with E-state index in [2.05, 4.69) is 5.32 Å². The van der Waals surface area contributed by atoms with E-state index in [0.717, 1.165) is 16.9 Å². The lowest BCUT2D eigenvalue weighted by Crippen LogP contribution is -2.43. The lowest BCUT2D eigenvalue weighted by molar-refractivity contribution is 0.189. The lowest BCUT2D eigenvalue weighted by atomic mass is 10.1. The van der Waals surface area contributed by atoms with E-state index in [-0.39, 0.29) is 12.1 Å². The number of urea groups is 1. The number of fused-ring (bicyclic) bond motifs is 1. The number of ether oxygens (including phenoxy) is 1. The molecule has 24 heavy (non-hydrogen) atoms. The Morgan fingerprint density at radius 1 is 1.29 bits per heavy atom. The number of nitrogens with zero attached hydrogens (tertiary/aromatic N) is 1. The molecule has 0 spiro atoms. The largest absolute Gasteiger partial charge is 0.491 e. The predicted octanol–water partition coefficient (Wildman–Crippen LogP) is 2.94. The fraction of sp³-hybridized carbons (Fsp3) is 0.278. The molecule has 0 aliphatic carbocycles. The molecule has 0 fully saturated rings. The van der Waals surface area contributed by atoms with Gasteiger partial charge in [-0.25, -0.2) is 4.79 Å². The molecular formula is C18H20ClN3O2. The van der Waals surface area contributed by atoms with Crippen molar-refractivity contribution in [3.05, 3.63) is 64.7 Å². The van der Waals surface area contributed by atoms with E-state index in [1.54, 1.807) is 11.0 Å². The maximum atomic E-state index is 12.7. The summed E-state index contributed by atoms with van der Waals surface area (Å²) in [7, 11) is 0. The highest BCUT2D eigenvalue weighted by Gasteiger charge is 2.27. The van der Waals surface area contributed by atoms with Crippen LogP contribution in [0, 0.1) is 0 Å². The average Bonchev–Trinajstić information content (AvgIpc) is 2.97. The molecule has 0 bridgehead atoms. The fourth-order valence-electron chi connectivity index (χ4n) is 2.76. The van der Waals surface area contributed by atoms with Gasteiger partial charge in [0, 0.05) is 30.2 Å². The molecule has 0 radical (unpaired) electrons. The first-order valence-corrected chi connectivity index (χ1v) is 8.27. The Hall–Kier alpha value is -2.24. The maximum Gasteiger partial charge on any atom is 0.318 e. The number of halogens is 1. The van der Waals surface area contributed by atoms with Gasteiger partial charge in [0.15, 0.2) is 0 Å². The van der Waals surface area contributed by atoms with Gasteiger partial charge in [0.2, 0.25) is 0 Å². The van der Waals surface area contributed by atoms with Crippen molar-refractivity contribution in [2.75, 3.05) is 19.7 Å². The zero-order valence-corrected chi connectivity index (χ0v) is 14.0. The Morgan fingerprint density at radius 3 is 2.83 bits per heavy atom. The van der Waals surface area contributed by atoms with Gasteiger partial charge in [0.25, 0.3) is 0 Å². The summed E-state index contributed by atoms with van der Waals surface area (Å²) >= 11 is 6.05. The van der Waals surface area contributed by atoms with Gasteiger partial charge in [0.1, 0.15) is 12.4 Å². The number of amides is 2. The standard InChI is InChI=1S/C18H20ClN3O2/c19-14-6-7-17-15(10-14)16(12-24-17)21-18(23)22(9-8-20)11-13-4-2-1-3-5-13/h1-7,10,16H,8-9,11-12,20H2,(H,21,23). The van der Waals surface area contributed by atoms with Crippen LogP contribution in [-0.4, -0.2) is 30.6 Å². The molecule has 0 saturated carbocycles. The van der Waals surface area contributed by atoms with Crippen LogP contribution < -0.4 is 15.8 Å². The van der Waals surface area contributed by atoms with E-state index in [9.17, 15) is 4.79 Å². The van der Waals surface area contributed by atoms with E-state index >= 15 is 0 Å². The van der Waals surface area contributed by atoms with Gasteiger partial charge >= 0.3 is 6.03 Å². The Kier molecular flexibility index (Phi) is 5.23. The number of benzene rings is 2. The Balaban J connectivity index is 1.70. The maximum absolute atomic E-state index is 12.7. The van der Waals surface area contributed by atoms with Gasteiger partial charge in [-0.15, -0.1) is 0 Å². The molecule has 1 aliphatic rings. The summed E-state index contributed by atoms with van der Waals surface area (Å²) in [6.45, 7) is 1.81. The molecular weight excluding hydrogens is 326 g/mol. The van der Waals surface area contributed by atoms with E-state index < -0.39 is 0 Å². The highest BCUT2D eigenvalue weighted by Crippen LogP contribution is 2.34. The minimum Gasteiger partial charge on any atom is -0.491 e. The van der Waals surface area contributed by atoms with Crippen molar-refractivity contribution >= 4 is 17.6 Å². The molecule has 1 aliphatic heterocycles. The first kappa shape index (κ1) is 16.6. The van der Waals surface area contributed by atoms with E-state index in [0.29, 0.717) is 31.3 Å². The number of hydrogen-bond acceptors (Lipinski definition) is 3. The minimum atomic E-state index is -0.206. The summed E-state index contributed by atoms with van der Waals surface area (Å²) in [6.07, 6.45) is 0. The van der Waals surface area contributed by atoms with Crippen LogP contribution in [0.15, 0.2) is 48.5 Å². The zero-order chi connectivity index (χ0) is 16.9. The number of nitrogens with one attached hydrogen (secondary N) is 1. The molecule has 5 nitrogen and oxygen atoms in total. The van der Waals surface area contributed by atoms with Crippen LogP contribution in [0.4, 0.5) is 4.79 Å². The topological polar surface area (TPSA) is 67.6 Å². The first-order chi connectivity index (χ1) is 11.7. The molecule has 1 heterocycles. The van der Waals surface area contributed by atoms with Crippen molar-refractivity contribution in [1.29, 1.82) is 0 Å². The second-order valence-electron chi connectivity index (χ2n) is 5.69. The normalized spacial score (nSPS) is 15.5. The molecule has 2 aromatic rings. The first-order valence-electron chi connectivity index (χ1n) is 7.89. The third kappa shape index (κ3) is 3.80. The minimum absolute atomic E-state index is 0.161. The van der Waals surface area contributed by atoms with E-state index in [1.807, 2.05) is 42.5 Å². The SMILES string of the molecule is NCCN(Cc1ccccc1)C(=O)NC1COc2ccc(Cl)cc21. The number of carbonyl (C=O) groups is 1. The predicted molar refractivity (Wildman–Crippen MR) is 94.1 cm³/mol. The summed E-state index contributed by atoms with van der Waals surface area (Å²) in [5.41, 5.74) is 7.63. The molecule has 0 aromatic heterocycles. The molecule has 126 valence electrons. The molecule has 3 rings (SSSR count). The van der Waals surface area contributed by atoms with E-state index in [4.69, 9.17) is 22.1 Å². The summed E-state index contributed by atoms with van der Waals surface area (Å²) in [5.74, 6) is 0.762. The molecule has 1 atom stereocenters. The summed E-state index contributed by atoms with van der Waals surface area (Å²) in [6, 6.07) is 14.9. The smallest absolute Gasteiger partial charge is 0.318 e. The summed E-state index contributed by atoms with van der Waals surface area (Å²) in [4.78, 5) is 14.4. The average molecular weight is 346 g/mol. The Morgan fingerprint density at radius 2 is 2.08 bits per heavy atom. The van der Waals surface area contributed by atoms with Crippen molar-refractivity contribution in [3.8, 4) is 5.75 Å². The second kappa shape index (κ2) is 7.55. The third-order valence-electron chi connectivity index (χ3n) is 3.95. The van der Waals surface area contributed by atoms with E-state index in [1.165, 1.54) is 0 Å². The number of nitrogens with two attached hydrogens (primary N) is 1. The van der Waals surface area contributed by atoms with Gasteiger partial charge in [-0.2, -0.15) is 0 Å². The van der Waals surface area contributed by atoms with Crippen molar-refractivity contribution < 1.29 is 9.53 Å². The van der Waals surface area contributed by atoms with Crippen LogP contribution in [0.1, 0.15) is 17.2 Å². The lowest BCUT2D eigenvalue weighted by Gasteiger charge is -2.24. The number of hydrogen-bond donors (Lipinski definition) is 2. The quantitative estimate of drug-likeness (QED) is 0.875. The van der Waals surface area contributed by atoms with Crippen molar-refractivity contribution in [2.45, 2.75) is 12.6 Å². The van der Waals surface area contributed by atoms with Crippen LogP contribution in [-0.2, 0) is 6.54 Å². The molecule has 0 saturated heterocycles. The second-order valence-corrected chi connectivity index (χ2v) is 6.13. The fourth-order valence-corrected chi connectivity index (χ4v) is 2.94. The molecule has 6 heteroatoms. The van der Waals surface area contributed by atoms with Gasteiger partial charge in [-0.3, -0.25) is 0 Å². The van der Waals surface area contributed by atoms with Crippen LogP contribution in [0.2, 0.25) is 5.02 Å². The Labute approximate surface area is 146 Å². The van der Waals surface area contributed by atoms with Crippen LogP contribution in [0.25, 0.3) is 0 Å². The molecule has 2 amide bonds. The number of carbonyl (C=O) groups excluding carboxylic acids is 1. The monoisotopic (exact) mass is 345 g/mol. The summed E-state index contributed by atoms with van der Waals surface area (Å²) < 4.78 is 5.61. The van der Waals surface area contributed by atoms with Crippen LogP contribution >= 0.6 is 11.6 Å². The van der Waals surface area contributed by atoms with Gasteiger partial charge in [-0.1, -0.05) is 41.9 Å². The zero-order valence-electron chi connectivity index (χ0n) is 13.2. The van der Waals surface area contributed by atoms with Gasteiger partial charge in [0.05, 0.1) is 6.04 Å². The highest BCUT2D eigenvalue weighted by atomic mass is 35.5. The highest BCUT2D eigenvalue weighted by molar-refractivity contribution is 6.30. The summed E-state index contributed by atoms with van der Waals surface area (Å²) in [5, 5.41) is 3.64. The van der Waals surface area contributed by atoms with Crippen molar-refractivity contribution in [2.24, 2.45) is 5.73 Å². The Bertz CT molecular complexity index is 709. The van der Waals surface area contributed by atoms with Crippen LogP contribution in [0.3, 0.4) is 0 Å². The molecule has 1 unspecified atom stereocenters. The van der Waals surface area contributed by atoms with Gasteiger partial charge in [-0.05, 0) is 23.8 Å². The van der Waals surface area contributed by atoms with Crippen molar-refractivity contribution in [1.82, 2.24) is 10.2 Å². The molecule has 3 N–H and O–H groups in total. The van der Waals surface area contributed by atoms with Crippen molar-refractivity contribution in [3.63, 3.8) is 0 Å². The van der Waals surface area contributed by atoms with Crippen LogP contribution in [0.5, 0.6) is 5.75 Å². The number of rotatable bonds is 5. The third-order valence-corrected chi connectivity index (χ3v) is 4.19. The molecule has 2 aromatic carbocycles. The van der Waals surface area contributed by atoms with Gasteiger partial charge < -0.3 is 20.7 Å².